The highest BCUT2D eigenvalue weighted by Crippen LogP contribution is 2.30. The molecule has 1 saturated heterocycles. The minimum Gasteiger partial charge on any atom is -0.491 e. The molecule has 0 saturated carbocycles. The molecular weight excluding hydrogens is 448 g/mol. The Labute approximate surface area is 167 Å². The Bertz CT molecular complexity index is 764. The van der Waals surface area contributed by atoms with E-state index in [4.69, 9.17) is 19.9 Å². The smallest absolute Gasteiger partial charge is 0.163 e. The molecule has 1 fully saturated rings. The van der Waals surface area contributed by atoms with Gasteiger partial charge in [0.2, 0.25) is 0 Å². The molecule has 0 radical (unpaired) electrons. The van der Waals surface area contributed by atoms with Crippen molar-refractivity contribution < 1.29 is 18.6 Å². The van der Waals surface area contributed by atoms with Crippen molar-refractivity contribution in [1.82, 2.24) is 0 Å². The summed E-state index contributed by atoms with van der Waals surface area (Å²) in [5.41, 5.74) is 8.50. The van der Waals surface area contributed by atoms with Gasteiger partial charge in [0.25, 0.3) is 0 Å². The van der Waals surface area contributed by atoms with Gasteiger partial charge in [-0.1, -0.05) is 12.1 Å². The second-order valence-corrected chi connectivity index (χ2v) is 8.11. The third kappa shape index (κ3) is 5.08. The normalized spacial score (nSPS) is 18.8. The van der Waals surface area contributed by atoms with Crippen LogP contribution in [0.25, 0.3) is 0 Å². The third-order valence-corrected chi connectivity index (χ3v) is 4.98. The fourth-order valence-electron chi connectivity index (χ4n) is 2.94. The lowest BCUT2D eigenvalue weighted by atomic mass is 10.0. The zero-order valence-corrected chi connectivity index (χ0v) is 17.1. The molecule has 0 aliphatic carbocycles. The molecule has 6 heteroatoms. The predicted molar refractivity (Wildman–Crippen MR) is 108 cm³/mol. The van der Waals surface area contributed by atoms with Gasteiger partial charge in [0, 0.05) is 16.1 Å². The lowest BCUT2D eigenvalue weighted by Gasteiger charge is -2.17. The van der Waals surface area contributed by atoms with Crippen LogP contribution in [-0.2, 0) is 15.9 Å². The Kier molecular flexibility index (Phi) is 6.04. The van der Waals surface area contributed by atoms with Gasteiger partial charge in [0.05, 0.1) is 25.0 Å². The molecule has 3 rings (SSSR count). The monoisotopic (exact) mass is 471 g/mol. The van der Waals surface area contributed by atoms with E-state index in [1.165, 1.54) is 12.1 Å². The summed E-state index contributed by atoms with van der Waals surface area (Å²) in [7, 11) is 0. The van der Waals surface area contributed by atoms with Gasteiger partial charge in [-0.15, -0.1) is 0 Å². The molecule has 1 aliphatic heterocycles. The van der Waals surface area contributed by atoms with Gasteiger partial charge in [-0.2, -0.15) is 0 Å². The van der Waals surface area contributed by atoms with Gasteiger partial charge in [0.1, 0.15) is 11.6 Å². The van der Waals surface area contributed by atoms with E-state index in [1.54, 1.807) is 0 Å². The molecule has 0 bridgehead atoms. The van der Waals surface area contributed by atoms with Crippen LogP contribution in [0.5, 0.6) is 5.75 Å². The Morgan fingerprint density at radius 2 is 2.00 bits per heavy atom. The van der Waals surface area contributed by atoms with E-state index in [2.05, 4.69) is 22.6 Å². The lowest BCUT2D eigenvalue weighted by molar-refractivity contribution is -0.139. The Morgan fingerprint density at radius 3 is 2.65 bits per heavy atom. The largest absolute Gasteiger partial charge is 0.491 e. The summed E-state index contributed by atoms with van der Waals surface area (Å²) in [5, 5.41) is 0. The van der Waals surface area contributed by atoms with Crippen LogP contribution in [0.15, 0.2) is 36.4 Å². The van der Waals surface area contributed by atoms with Crippen LogP contribution in [0.2, 0.25) is 0 Å². The average molecular weight is 471 g/mol. The van der Waals surface area contributed by atoms with E-state index in [1.807, 2.05) is 38.1 Å². The fraction of sp³-hybridized carbons (Fsp3) is 0.400. The molecule has 2 aromatic rings. The fourth-order valence-corrected chi connectivity index (χ4v) is 3.30. The van der Waals surface area contributed by atoms with E-state index in [0.29, 0.717) is 37.5 Å². The molecule has 2 N–H and O–H groups in total. The van der Waals surface area contributed by atoms with Gasteiger partial charge >= 0.3 is 0 Å². The summed E-state index contributed by atoms with van der Waals surface area (Å²) in [6.45, 7) is 4.69. The van der Waals surface area contributed by atoms with Crippen molar-refractivity contribution in [3.8, 4) is 5.75 Å². The topological polar surface area (TPSA) is 53.7 Å². The highest BCUT2D eigenvalue weighted by molar-refractivity contribution is 14.1. The molecule has 26 heavy (non-hydrogen) atoms. The van der Waals surface area contributed by atoms with Crippen LogP contribution in [0.3, 0.4) is 0 Å². The lowest BCUT2D eigenvalue weighted by Crippen LogP contribution is -2.22. The molecule has 0 aromatic heterocycles. The van der Waals surface area contributed by atoms with Crippen LogP contribution in [0.4, 0.5) is 10.1 Å². The van der Waals surface area contributed by atoms with Gasteiger partial charge in [-0.3, -0.25) is 0 Å². The number of benzene rings is 2. The number of rotatable bonds is 6. The summed E-state index contributed by atoms with van der Waals surface area (Å²) in [6.07, 6.45) is 1.20. The maximum atomic E-state index is 14.0. The SMILES string of the molecule is CC1(C)OCC(CCOc2cc(F)cc(Cc3ccc(I)cc3)c2N)O1. The number of anilines is 1. The van der Waals surface area contributed by atoms with Crippen molar-refractivity contribution in [1.29, 1.82) is 0 Å². The van der Waals surface area contributed by atoms with E-state index in [0.717, 1.165) is 14.7 Å². The number of hydrogen-bond donors (Lipinski definition) is 1. The quantitative estimate of drug-likeness (QED) is 0.497. The first kappa shape index (κ1) is 19.4. The van der Waals surface area contributed by atoms with Crippen LogP contribution in [-0.4, -0.2) is 25.1 Å². The highest BCUT2D eigenvalue weighted by Gasteiger charge is 2.32. The standard InChI is InChI=1S/C20H23FINO3/c1-20(2)25-12-17(26-20)7-8-24-18-11-15(21)10-14(19(18)23)9-13-3-5-16(22)6-4-13/h3-6,10-11,17H,7-9,12,23H2,1-2H3. The third-order valence-electron chi connectivity index (χ3n) is 4.27. The van der Waals surface area contributed by atoms with E-state index < -0.39 is 5.79 Å². The first-order valence-corrected chi connectivity index (χ1v) is 9.67. The van der Waals surface area contributed by atoms with Crippen molar-refractivity contribution in [3.05, 3.63) is 56.9 Å². The molecule has 4 nitrogen and oxygen atoms in total. The summed E-state index contributed by atoms with van der Waals surface area (Å²) in [5.74, 6) is -0.525. The Hall–Kier alpha value is -1.38. The maximum absolute atomic E-state index is 14.0. The van der Waals surface area contributed by atoms with Crippen LogP contribution >= 0.6 is 22.6 Å². The van der Waals surface area contributed by atoms with E-state index >= 15 is 0 Å². The summed E-state index contributed by atoms with van der Waals surface area (Å²) in [6, 6.07) is 10.9. The minimum atomic E-state index is -0.552. The van der Waals surface area contributed by atoms with E-state index in [-0.39, 0.29) is 11.9 Å². The molecule has 2 aromatic carbocycles. The predicted octanol–water partition coefficient (Wildman–Crippen LogP) is 4.52. The second kappa shape index (κ2) is 8.10. The maximum Gasteiger partial charge on any atom is 0.163 e. The van der Waals surface area contributed by atoms with Crippen molar-refractivity contribution in [2.75, 3.05) is 18.9 Å². The van der Waals surface area contributed by atoms with Crippen molar-refractivity contribution >= 4 is 28.3 Å². The van der Waals surface area contributed by atoms with Crippen LogP contribution < -0.4 is 10.5 Å². The van der Waals surface area contributed by atoms with Gasteiger partial charge in [-0.05, 0) is 72.2 Å². The van der Waals surface area contributed by atoms with Crippen LogP contribution in [0.1, 0.15) is 31.4 Å². The molecule has 1 unspecified atom stereocenters. The van der Waals surface area contributed by atoms with Crippen molar-refractivity contribution in [2.24, 2.45) is 0 Å². The number of nitrogen functional groups attached to an aromatic ring is 1. The average Bonchev–Trinajstić information content (AvgIpc) is 2.92. The summed E-state index contributed by atoms with van der Waals surface area (Å²) in [4.78, 5) is 0. The summed E-state index contributed by atoms with van der Waals surface area (Å²) < 4.78 is 32.2. The number of halogens is 2. The molecule has 0 spiro atoms. The zero-order chi connectivity index (χ0) is 18.7. The Morgan fingerprint density at radius 1 is 1.27 bits per heavy atom. The first-order valence-electron chi connectivity index (χ1n) is 8.59. The Balaban J connectivity index is 1.64. The molecule has 0 amide bonds. The van der Waals surface area contributed by atoms with E-state index in [9.17, 15) is 4.39 Å². The summed E-state index contributed by atoms with van der Waals surface area (Å²) >= 11 is 2.25. The van der Waals surface area contributed by atoms with Gasteiger partial charge in [-0.25, -0.2) is 4.39 Å². The second-order valence-electron chi connectivity index (χ2n) is 6.87. The number of nitrogens with two attached hydrogens (primary N) is 1. The first-order chi connectivity index (χ1) is 12.3. The molecular formula is C20H23FINO3. The van der Waals surface area contributed by atoms with Crippen LogP contribution in [0, 0.1) is 9.39 Å². The zero-order valence-electron chi connectivity index (χ0n) is 14.9. The molecule has 1 heterocycles. The minimum absolute atomic E-state index is 0.0222. The number of ether oxygens (including phenoxy) is 3. The molecule has 1 atom stereocenters. The highest BCUT2D eigenvalue weighted by atomic mass is 127. The van der Waals surface area contributed by atoms with Gasteiger partial charge in [0.15, 0.2) is 5.79 Å². The number of hydrogen-bond acceptors (Lipinski definition) is 4. The molecule has 140 valence electrons. The molecule has 1 aliphatic rings. The van der Waals surface area contributed by atoms with Crippen molar-refractivity contribution in [3.63, 3.8) is 0 Å². The van der Waals surface area contributed by atoms with Crippen molar-refractivity contribution in [2.45, 2.75) is 38.6 Å². The van der Waals surface area contributed by atoms with Gasteiger partial charge < -0.3 is 19.9 Å².